The maximum absolute atomic E-state index is 14.1. The van der Waals surface area contributed by atoms with E-state index in [-0.39, 0.29) is 5.91 Å². The highest BCUT2D eigenvalue weighted by Crippen LogP contribution is 2.49. The molecule has 1 aromatic rings. The fourth-order valence-corrected chi connectivity index (χ4v) is 4.33. The Bertz CT molecular complexity index is 1060. The second-order valence-corrected chi connectivity index (χ2v) is 11.0. The topological polar surface area (TPSA) is 62.3 Å². The fraction of sp³-hybridized carbons (Fsp3) is 0.559. The van der Waals surface area contributed by atoms with E-state index in [4.69, 9.17) is 0 Å². The van der Waals surface area contributed by atoms with Gasteiger partial charge in [-0.2, -0.15) is 0 Å². The van der Waals surface area contributed by atoms with Crippen LogP contribution in [-0.4, -0.2) is 35.2 Å². The van der Waals surface area contributed by atoms with Crippen molar-refractivity contribution in [3.8, 4) is 0 Å². The van der Waals surface area contributed by atoms with Gasteiger partial charge in [0.1, 0.15) is 6.29 Å². The van der Waals surface area contributed by atoms with Crippen LogP contribution < -0.4 is 5.32 Å². The van der Waals surface area contributed by atoms with Gasteiger partial charge in [-0.05, 0) is 92.2 Å². The van der Waals surface area contributed by atoms with Gasteiger partial charge in [0.25, 0.3) is 0 Å². The Balaban J connectivity index is 0.00000371. The molecule has 0 aliphatic heterocycles. The van der Waals surface area contributed by atoms with E-state index in [0.29, 0.717) is 18.7 Å². The molecule has 1 aromatic heterocycles. The van der Waals surface area contributed by atoms with Crippen LogP contribution in [0.1, 0.15) is 112 Å². The zero-order valence-electron chi connectivity index (χ0n) is 26.3. The molecule has 0 spiro atoms. The van der Waals surface area contributed by atoms with Gasteiger partial charge < -0.3 is 10.2 Å². The maximum Gasteiger partial charge on any atom is 0.235 e. The molecule has 0 atom stereocenters. The molecular formula is C34H53N3O2. The predicted molar refractivity (Wildman–Crippen MR) is 165 cm³/mol. The number of allylic oxidation sites excluding steroid dienone is 7. The van der Waals surface area contributed by atoms with Crippen molar-refractivity contribution in [1.82, 2.24) is 15.2 Å². The van der Waals surface area contributed by atoms with Gasteiger partial charge in [0.2, 0.25) is 5.91 Å². The summed E-state index contributed by atoms with van der Waals surface area (Å²) < 4.78 is 0. The average molecular weight is 536 g/mol. The third-order valence-electron chi connectivity index (χ3n) is 7.06. The minimum Gasteiger partial charge on any atom is -0.361 e. The van der Waals surface area contributed by atoms with Crippen molar-refractivity contribution in [2.45, 2.75) is 113 Å². The summed E-state index contributed by atoms with van der Waals surface area (Å²) >= 11 is 0. The van der Waals surface area contributed by atoms with Gasteiger partial charge in [0.05, 0.1) is 17.7 Å². The molecule has 216 valence electrons. The summed E-state index contributed by atoms with van der Waals surface area (Å²) in [5.41, 5.74) is 7.72. The van der Waals surface area contributed by atoms with E-state index in [1.165, 1.54) is 11.1 Å². The van der Waals surface area contributed by atoms with E-state index in [9.17, 15) is 9.59 Å². The van der Waals surface area contributed by atoms with Gasteiger partial charge in [-0.1, -0.05) is 62.1 Å². The highest BCUT2D eigenvalue weighted by atomic mass is 16.2. The summed E-state index contributed by atoms with van der Waals surface area (Å²) in [6, 6.07) is 4.06. The van der Waals surface area contributed by atoms with Gasteiger partial charge in [-0.15, -0.1) is 0 Å². The Morgan fingerprint density at radius 1 is 1.05 bits per heavy atom. The molecular weight excluding hydrogens is 482 g/mol. The van der Waals surface area contributed by atoms with E-state index in [0.717, 1.165) is 73.0 Å². The Kier molecular flexibility index (Phi) is 14.8. The van der Waals surface area contributed by atoms with Crippen LogP contribution in [0.5, 0.6) is 0 Å². The number of carbonyl (C=O) groups excluding carboxylic acids is 2. The number of amides is 1. The monoisotopic (exact) mass is 535 g/mol. The Morgan fingerprint density at radius 3 is 2.21 bits per heavy atom. The number of pyridine rings is 1. The normalized spacial score (nSPS) is 14.3. The second-order valence-electron chi connectivity index (χ2n) is 11.0. The third kappa shape index (κ3) is 10.6. The largest absolute Gasteiger partial charge is 0.361 e. The summed E-state index contributed by atoms with van der Waals surface area (Å²) in [7, 11) is 0. The average Bonchev–Trinajstić information content (AvgIpc) is 3.73. The summed E-state index contributed by atoms with van der Waals surface area (Å²) in [5.74, 6) is 0.156. The molecule has 0 unspecified atom stereocenters. The molecule has 0 bridgehead atoms. The lowest BCUT2D eigenvalue weighted by Crippen LogP contribution is -2.43. The Hall–Kier alpha value is -2.95. The van der Waals surface area contributed by atoms with E-state index in [2.05, 4.69) is 43.2 Å². The van der Waals surface area contributed by atoms with Crippen molar-refractivity contribution in [3.05, 3.63) is 75.4 Å². The number of aldehydes is 1. The van der Waals surface area contributed by atoms with Crippen LogP contribution in [0.15, 0.2) is 64.2 Å². The third-order valence-corrected chi connectivity index (χ3v) is 7.06. The van der Waals surface area contributed by atoms with Crippen molar-refractivity contribution in [3.63, 3.8) is 0 Å². The first-order valence-electron chi connectivity index (χ1n) is 14.7. The number of carbonyl (C=O) groups is 2. The summed E-state index contributed by atoms with van der Waals surface area (Å²) in [6.07, 6.45) is 12.9. The lowest BCUT2D eigenvalue weighted by atomic mass is 9.98. The van der Waals surface area contributed by atoms with Gasteiger partial charge in [-0.3, -0.25) is 14.6 Å². The molecule has 1 heterocycles. The molecule has 5 nitrogen and oxygen atoms in total. The lowest BCUT2D eigenvalue weighted by molar-refractivity contribution is -0.133. The van der Waals surface area contributed by atoms with Crippen molar-refractivity contribution >= 4 is 12.2 Å². The highest BCUT2D eigenvalue weighted by molar-refractivity contribution is 5.91. The molecule has 1 fully saturated rings. The molecule has 1 aliphatic carbocycles. The zero-order chi connectivity index (χ0) is 29.6. The quantitative estimate of drug-likeness (QED) is 0.148. The molecule has 1 saturated carbocycles. The molecule has 2 rings (SSSR count). The smallest absolute Gasteiger partial charge is 0.235 e. The number of nitrogens with zero attached hydrogens (tertiary/aromatic N) is 2. The van der Waals surface area contributed by atoms with Crippen molar-refractivity contribution in [1.29, 1.82) is 0 Å². The van der Waals surface area contributed by atoms with Gasteiger partial charge in [0, 0.05) is 29.7 Å². The SMILES string of the molecule is CC.CCC/C(=C\C=C(C)C)CCCN(CC(N/C(C)=C(\C)C=O)=C(C)C)C(=O)C1(c2ccc(C)cn2)CC1. The highest BCUT2D eigenvalue weighted by Gasteiger charge is 2.54. The first-order chi connectivity index (χ1) is 18.5. The van der Waals surface area contributed by atoms with Crippen molar-refractivity contribution in [2.24, 2.45) is 0 Å². The summed E-state index contributed by atoms with van der Waals surface area (Å²) in [6.45, 7) is 21.4. The van der Waals surface area contributed by atoms with E-state index >= 15 is 0 Å². The van der Waals surface area contributed by atoms with Crippen LogP contribution in [-0.2, 0) is 15.0 Å². The zero-order valence-corrected chi connectivity index (χ0v) is 26.3. The number of aryl methyl sites for hydroxylation is 1. The Morgan fingerprint density at radius 2 is 1.72 bits per heavy atom. The number of hydrogen-bond donors (Lipinski definition) is 1. The molecule has 1 N–H and O–H groups in total. The number of rotatable bonds is 14. The molecule has 39 heavy (non-hydrogen) atoms. The Labute approximate surface area is 238 Å². The van der Waals surface area contributed by atoms with Crippen LogP contribution >= 0.6 is 0 Å². The fourth-order valence-electron chi connectivity index (χ4n) is 4.33. The van der Waals surface area contributed by atoms with Gasteiger partial charge >= 0.3 is 0 Å². The van der Waals surface area contributed by atoms with Crippen LogP contribution in [0.25, 0.3) is 0 Å². The van der Waals surface area contributed by atoms with Crippen LogP contribution in [0.3, 0.4) is 0 Å². The molecule has 0 radical (unpaired) electrons. The van der Waals surface area contributed by atoms with Crippen LogP contribution in [0.2, 0.25) is 0 Å². The minimum absolute atomic E-state index is 0.156. The van der Waals surface area contributed by atoms with Gasteiger partial charge in [-0.25, -0.2) is 0 Å². The molecule has 1 amide bonds. The second kappa shape index (κ2) is 16.9. The summed E-state index contributed by atoms with van der Waals surface area (Å²) in [4.78, 5) is 32.1. The van der Waals surface area contributed by atoms with E-state index in [1.54, 1.807) is 6.92 Å². The number of nitrogens with one attached hydrogen (secondary N) is 1. The van der Waals surface area contributed by atoms with Crippen LogP contribution in [0.4, 0.5) is 0 Å². The van der Waals surface area contributed by atoms with Crippen molar-refractivity contribution < 1.29 is 9.59 Å². The molecule has 1 aliphatic rings. The van der Waals surface area contributed by atoms with E-state index < -0.39 is 5.41 Å². The van der Waals surface area contributed by atoms with Crippen LogP contribution in [0, 0.1) is 6.92 Å². The lowest BCUT2D eigenvalue weighted by Gasteiger charge is -2.30. The minimum atomic E-state index is -0.520. The maximum atomic E-state index is 14.1. The first-order valence-corrected chi connectivity index (χ1v) is 14.7. The predicted octanol–water partition coefficient (Wildman–Crippen LogP) is 8.13. The standard InChI is InChI=1S/C32H47N3O2.C2H6/c1-9-11-28(15-13-23(2)3)12-10-19-35(21-29(24(4)5)34-27(8)26(7)22-36)31(37)32(17-18-32)30-16-14-25(6)20-33-30;1-2/h13-16,20,22,34H,9-12,17-19,21H2,1-8H3;1-2H3/b27-26+,28-15+;. The molecule has 5 heteroatoms. The molecule has 0 saturated heterocycles. The number of aromatic nitrogens is 1. The molecule has 0 aromatic carbocycles. The van der Waals surface area contributed by atoms with E-state index in [1.807, 2.05) is 64.8 Å². The van der Waals surface area contributed by atoms with Crippen molar-refractivity contribution in [2.75, 3.05) is 13.1 Å². The first kappa shape index (κ1) is 34.1. The number of hydrogen-bond acceptors (Lipinski definition) is 4. The van der Waals surface area contributed by atoms with Gasteiger partial charge in [0.15, 0.2) is 0 Å². The summed E-state index contributed by atoms with van der Waals surface area (Å²) in [5, 5.41) is 3.42.